The molecule has 0 aliphatic rings. The summed E-state index contributed by atoms with van der Waals surface area (Å²) < 4.78 is 0. The number of benzene rings is 1. The minimum absolute atomic E-state index is 0.0216. The Labute approximate surface area is 171 Å². The first-order valence-corrected chi connectivity index (χ1v) is 11.2. The van der Waals surface area contributed by atoms with E-state index >= 15 is 0 Å². The van der Waals surface area contributed by atoms with Gasteiger partial charge in [0.1, 0.15) is 0 Å². The van der Waals surface area contributed by atoms with Crippen LogP contribution in [0.4, 0.5) is 0 Å². The second-order valence-electron chi connectivity index (χ2n) is 7.78. The summed E-state index contributed by atoms with van der Waals surface area (Å²) in [5, 5.41) is 14.1. The molecule has 0 bridgehead atoms. The Morgan fingerprint density at radius 1 is 1.29 bits per heavy atom. The van der Waals surface area contributed by atoms with Gasteiger partial charge < -0.3 is 0 Å². The molecule has 3 atom stereocenters. The molecule has 3 unspecified atom stereocenters. The first kappa shape index (κ1) is 24.7. The fourth-order valence-electron chi connectivity index (χ4n) is 4.06. The maximum atomic E-state index is 13.2. The number of carbonyl (C=O) groups excluding carboxylic acids is 2. The predicted molar refractivity (Wildman–Crippen MR) is 117 cm³/mol. The van der Waals surface area contributed by atoms with E-state index in [1.807, 2.05) is 45.0 Å². The van der Waals surface area contributed by atoms with Crippen LogP contribution in [-0.4, -0.2) is 28.8 Å². The fourth-order valence-corrected chi connectivity index (χ4v) is 4.35. The molecule has 28 heavy (non-hydrogen) atoms. The van der Waals surface area contributed by atoms with E-state index in [-0.39, 0.29) is 23.9 Å². The van der Waals surface area contributed by atoms with E-state index in [1.165, 1.54) is 6.92 Å². The average molecular weight is 405 g/mol. The van der Waals surface area contributed by atoms with Gasteiger partial charge >= 0.3 is 158 Å². The van der Waals surface area contributed by atoms with Crippen molar-refractivity contribution < 1.29 is 14.7 Å². The molecule has 1 rings (SSSR count). The number of rotatable bonds is 13. The van der Waals surface area contributed by atoms with Crippen LogP contribution in [0, 0.1) is 19.0 Å². The van der Waals surface area contributed by atoms with Gasteiger partial charge in [0.25, 0.3) is 0 Å². The number of ketones is 2. The molecule has 5 heteroatoms. The van der Waals surface area contributed by atoms with E-state index in [9.17, 15) is 14.7 Å². The Hall–Kier alpha value is -1.31. The van der Waals surface area contributed by atoms with Crippen LogP contribution < -0.4 is 5.09 Å². The quantitative estimate of drug-likeness (QED) is 0.276. The summed E-state index contributed by atoms with van der Waals surface area (Å²) in [4.78, 5) is 25.7. The molecule has 0 spiro atoms. The standard InChI is InChI=1S/C23H35NO3P/c1-6-12-23(27,13-9-14-24-28-5)16-21(26)22(18(4)25)20(7-2)19-11-8-10-17(3)15-19/h5,8,10-11,15,20,22,24,27H,6-7,9,12-14,16H2,1-4H3/q+1. The molecule has 0 fully saturated rings. The first-order valence-electron chi connectivity index (χ1n) is 10.2. The number of hydrogen-bond donors (Lipinski definition) is 2. The van der Waals surface area contributed by atoms with Crippen LogP contribution in [-0.2, 0) is 9.59 Å². The molecule has 1 aromatic rings. The van der Waals surface area contributed by atoms with Crippen LogP contribution in [0.5, 0.6) is 0 Å². The van der Waals surface area contributed by atoms with Gasteiger partial charge in [0.15, 0.2) is 0 Å². The number of hydrogen-bond acceptors (Lipinski definition) is 4. The van der Waals surface area contributed by atoms with Crippen LogP contribution in [0.25, 0.3) is 0 Å². The maximum absolute atomic E-state index is 13.2. The van der Waals surface area contributed by atoms with E-state index in [1.54, 1.807) is 0 Å². The monoisotopic (exact) mass is 404 g/mol. The molecule has 0 heterocycles. The average Bonchev–Trinajstić information content (AvgIpc) is 2.62. The van der Waals surface area contributed by atoms with Gasteiger partial charge in [-0.1, -0.05) is 6.07 Å². The van der Waals surface area contributed by atoms with Gasteiger partial charge in [0.05, 0.1) is 0 Å². The zero-order valence-electron chi connectivity index (χ0n) is 17.7. The molecule has 0 amide bonds. The van der Waals surface area contributed by atoms with Crippen molar-refractivity contribution in [2.75, 3.05) is 6.54 Å². The van der Waals surface area contributed by atoms with Crippen LogP contribution in [0.1, 0.15) is 76.3 Å². The summed E-state index contributed by atoms with van der Waals surface area (Å²) in [5.41, 5.74) is 1.05. The summed E-state index contributed by atoms with van der Waals surface area (Å²) >= 11 is 0. The van der Waals surface area contributed by atoms with Crippen molar-refractivity contribution in [3.05, 3.63) is 35.4 Å². The third-order valence-electron chi connectivity index (χ3n) is 5.34. The minimum atomic E-state index is -1.07. The zero-order chi connectivity index (χ0) is 21.2. The Bertz CT molecular complexity index is 697. The molecule has 154 valence electrons. The van der Waals surface area contributed by atoms with E-state index in [0.29, 0.717) is 34.0 Å². The van der Waals surface area contributed by atoms with E-state index < -0.39 is 11.5 Å². The summed E-state index contributed by atoms with van der Waals surface area (Å²) in [6.07, 6.45) is 8.71. The van der Waals surface area contributed by atoms with Crippen molar-refractivity contribution >= 4 is 19.8 Å². The molecule has 0 radical (unpaired) electrons. The van der Waals surface area contributed by atoms with Gasteiger partial charge in [-0.15, -0.1) is 0 Å². The Kier molecular flexibility index (Phi) is 10.9. The van der Waals surface area contributed by atoms with Gasteiger partial charge in [-0.2, -0.15) is 0 Å². The van der Waals surface area contributed by atoms with Crippen LogP contribution in [0.3, 0.4) is 0 Å². The van der Waals surface area contributed by atoms with E-state index in [0.717, 1.165) is 24.0 Å². The number of carbonyl (C=O) groups is 2. The van der Waals surface area contributed by atoms with Crippen molar-refractivity contribution in [3.63, 3.8) is 0 Å². The predicted octanol–water partition coefficient (Wildman–Crippen LogP) is 5.00. The topological polar surface area (TPSA) is 66.4 Å². The third kappa shape index (κ3) is 7.60. The molecule has 1 aromatic carbocycles. The fraction of sp³-hybridized carbons (Fsp3) is 0.609. The molecule has 4 nitrogen and oxygen atoms in total. The molecular formula is C23H35NO3P+. The molecule has 0 aliphatic carbocycles. The number of aryl methyl sites for hydroxylation is 1. The number of Topliss-reactive ketones (excluding diaryl/α,β-unsaturated/α-hetero) is 2. The summed E-state index contributed by atoms with van der Waals surface area (Å²) in [6.45, 7) is 8.19. The molecule has 0 aliphatic heterocycles. The number of aliphatic hydroxyl groups is 1. The second-order valence-corrected chi connectivity index (χ2v) is 8.35. The third-order valence-corrected chi connectivity index (χ3v) is 5.74. The van der Waals surface area contributed by atoms with Gasteiger partial charge in [0.2, 0.25) is 0 Å². The van der Waals surface area contributed by atoms with Crippen molar-refractivity contribution in [2.45, 2.75) is 77.7 Å². The number of nitrogens with one attached hydrogen (secondary N) is 1. The summed E-state index contributed by atoms with van der Waals surface area (Å²) in [6, 6.07) is 8.01. The SMILES string of the molecule is C#[P+]NCCCC(O)(CCC)CC(=O)C(C(C)=O)C(CC)c1cccc(C)c1. The van der Waals surface area contributed by atoms with Gasteiger partial charge in [-0.05, 0) is 6.92 Å². The van der Waals surface area contributed by atoms with Gasteiger partial charge in [-0.3, -0.25) is 0 Å². The van der Waals surface area contributed by atoms with Crippen LogP contribution in [0.2, 0.25) is 0 Å². The van der Waals surface area contributed by atoms with Crippen molar-refractivity contribution in [1.82, 2.24) is 5.09 Å². The van der Waals surface area contributed by atoms with E-state index in [4.69, 9.17) is 6.13 Å². The molecule has 2 N–H and O–H groups in total. The zero-order valence-corrected chi connectivity index (χ0v) is 18.6. The Morgan fingerprint density at radius 2 is 2.00 bits per heavy atom. The Morgan fingerprint density at radius 3 is 2.54 bits per heavy atom. The summed E-state index contributed by atoms with van der Waals surface area (Å²) in [7, 11) is 0.614. The van der Waals surface area contributed by atoms with Gasteiger partial charge in [-0.25, -0.2) is 0 Å². The molecule has 0 saturated heterocycles. The van der Waals surface area contributed by atoms with Crippen LogP contribution >= 0.6 is 8.19 Å². The normalized spacial score (nSPS) is 15.4. The molecule has 0 aromatic heterocycles. The van der Waals surface area contributed by atoms with Crippen molar-refractivity contribution in [1.29, 1.82) is 0 Å². The van der Waals surface area contributed by atoms with Crippen molar-refractivity contribution in [2.24, 2.45) is 5.92 Å². The van der Waals surface area contributed by atoms with Crippen LogP contribution in [0.15, 0.2) is 24.3 Å². The summed E-state index contributed by atoms with van der Waals surface area (Å²) in [5.74, 6) is -1.15. The molecular weight excluding hydrogens is 369 g/mol. The van der Waals surface area contributed by atoms with Gasteiger partial charge in [0, 0.05) is 0 Å². The first-order chi connectivity index (χ1) is 13.3. The Balaban J connectivity index is 3.03. The molecule has 0 saturated carbocycles. The second kappa shape index (κ2) is 12.3. The van der Waals surface area contributed by atoms with Crippen molar-refractivity contribution in [3.8, 4) is 6.13 Å². The van der Waals surface area contributed by atoms with E-state index in [2.05, 4.69) is 5.09 Å².